The number of carbonyl (C=O) groups is 2. The van der Waals surface area contributed by atoms with E-state index in [1.165, 1.54) is 24.3 Å². The Hall–Kier alpha value is -2.04. The van der Waals surface area contributed by atoms with Crippen LogP contribution in [-0.4, -0.2) is 16.6 Å². The summed E-state index contributed by atoms with van der Waals surface area (Å²) >= 11 is 0. The van der Waals surface area contributed by atoms with Gasteiger partial charge in [-0.2, -0.15) is 0 Å². The molecule has 0 N–H and O–H groups in total. The molecule has 0 bridgehead atoms. The van der Waals surface area contributed by atoms with Crippen LogP contribution in [0.5, 0.6) is 0 Å². The summed E-state index contributed by atoms with van der Waals surface area (Å²) in [5.41, 5.74) is 0.0317. The van der Waals surface area contributed by atoms with Crippen LogP contribution in [0, 0.1) is 10.1 Å². The number of ketones is 1. The minimum Gasteiger partial charge on any atom is -0.277 e. The Kier molecular flexibility index (Phi) is 2.49. The molecule has 5 nitrogen and oxygen atoms in total. The number of hydrogen-bond acceptors (Lipinski definition) is 4. The summed E-state index contributed by atoms with van der Waals surface area (Å²) in [6.45, 7) is 0. The van der Waals surface area contributed by atoms with Crippen molar-refractivity contribution in [3.05, 3.63) is 46.0 Å². The summed E-state index contributed by atoms with van der Waals surface area (Å²) < 4.78 is 0. The zero-order chi connectivity index (χ0) is 9.84. The summed E-state index contributed by atoms with van der Waals surface area (Å²) in [6.07, 6.45) is 0. The Morgan fingerprint density at radius 3 is 2.15 bits per heavy atom. The molecule has 0 heterocycles. The van der Waals surface area contributed by atoms with E-state index in [4.69, 9.17) is 0 Å². The number of rotatable bonds is 2. The zero-order valence-corrected chi connectivity index (χ0v) is 6.47. The van der Waals surface area contributed by atoms with Crippen molar-refractivity contribution < 1.29 is 14.5 Å². The fourth-order valence-electron chi connectivity index (χ4n) is 0.796. The fourth-order valence-corrected chi connectivity index (χ4v) is 0.796. The van der Waals surface area contributed by atoms with Gasteiger partial charge in [-0.05, 0) is 0 Å². The van der Waals surface area contributed by atoms with E-state index in [1.807, 2.05) is 0 Å². The minimum absolute atomic E-state index is 0.0317. The SMILES string of the molecule is O=C(C(=O)[N+](=O)[O-])c1ccccc1. The highest BCUT2D eigenvalue weighted by molar-refractivity contribution is 6.39. The van der Waals surface area contributed by atoms with Crippen LogP contribution in [0.4, 0.5) is 0 Å². The van der Waals surface area contributed by atoms with Crippen LogP contribution >= 0.6 is 0 Å². The molecule has 1 amide bonds. The molecule has 1 rings (SSSR count). The monoisotopic (exact) mass is 179 g/mol. The van der Waals surface area contributed by atoms with Gasteiger partial charge < -0.3 is 0 Å². The predicted octanol–water partition coefficient (Wildman–Crippen LogP) is 0.673. The first-order valence-electron chi connectivity index (χ1n) is 3.41. The molecule has 1 aromatic carbocycles. The molecule has 0 spiro atoms. The van der Waals surface area contributed by atoms with Gasteiger partial charge in [-0.25, -0.2) is 4.79 Å². The van der Waals surface area contributed by atoms with Crippen LogP contribution < -0.4 is 0 Å². The number of nitro groups is 1. The highest BCUT2D eigenvalue weighted by Crippen LogP contribution is 2.00. The third kappa shape index (κ3) is 1.96. The van der Waals surface area contributed by atoms with Crippen LogP contribution in [0.25, 0.3) is 0 Å². The van der Waals surface area contributed by atoms with Crippen molar-refractivity contribution in [3.8, 4) is 0 Å². The van der Waals surface area contributed by atoms with E-state index in [1.54, 1.807) is 6.07 Å². The van der Waals surface area contributed by atoms with E-state index in [9.17, 15) is 19.7 Å². The van der Waals surface area contributed by atoms with Crippen LogP contribution in [-0.2, 0) is 4.79 Å². The predicted molar refractivity (Wildman–Crippen MR) is 42.8 cm³/mol. The summed E-state index contributed by atoms with van der Waals surface area (Å²) in [6, 6.07) is 7.40. The van der Waals surface area contributed by atoms with Gasteiger partial charge in [0, 0.05) is 5.56 Å². The maximum absolute atomic E-state index is 11.0. The number of carbonyl (C=O) groups excluding carboxylic acids is 2. The van der Waals surface area contributed by atoms with Crippen LogP contribution in [0.1, 0.15) is 10.4 Å². The first kappa shape index (κ1) is 9.05. The number of amides is 1. The number of hydrogen-bond donors (Lipinski definition) is 0. The van der Waals surface area contributed by atoms with E-state index >= 15 is 0 Å². The number of nitrogens with zero attached hydrogens (tertiary/aromatic N) is 1. The number of benzene rings is 1. The molecule has 0 atom stereocenters. The van der Waals surface area contributed by atoms with Gasteiger partial charge in [0.1, 0.15) is 4.92 Å². The lowest BCUT2D eigenvalue weighted by Gasteiger charge is -1.91. The first-order valence-corrected chi connectivity index (χ1v) is 3.41. The van der Waals surface area contributed by atoms with Crippen LogP contribution in [0.3, 0.4) is 0 Å². The summed E-state index contributed by atoms with van der Waals surface area (Å²) in [5.74, 6) is -2.70. The van der Waals surface area contributed by atoms with Crippen molar-refractivity contribution in [2.45, 2.75) is 0 Å². The standard InChI is InChI=1S/C8H5NO4/c10-7(8(11)9(12)13)6-4-2-1-3-5-6/h1-5H. The van der Waals surface area contributed by atoms with Crippen molar-refractivity contribution in [3.63, 3.8) is 0 Å². The van der Waals surface area contributed by atoms with Crippen molar-refractivity contribution in [2.75, 3.05) is 0 Å². The molecule has 1 aromatic rings. The molecule has 0 unspecified atom stereocenters. The molecule has 0 saturated carbocycles. The summed E-state index contributed by atoms with van der Waals surface area (Å²) in [7, 11) is 0. The van der Waals surface area contributed by atoms with Crippen molar-refractivity contribution >= 4 is 11.7 Å². The van der Waals surface area contributed by atoms with Crippen molar-refractivity contribution in [1.82, 2.24) is 0 Å². The molecule has 0 fully saturated rings. The summed E-state index contributed by atoms with van der Waals surface area (Å²) in [5, 5.41) is 9.95. The maximum Gasteiger partial charge on any atom is 0.516 e. The highest BCUT2D eigenvalue weighted by Gasteiger charge is 2.27. The van der Waals surface area contributed by atoms with E-state index in [-0.39, 0.29) is 5.56 Å². The molecule has 0 aliphatic rings. The average molecular weight is 179 g/mol. The number of Topliss-reactive ketones (excluding diaryl/α,β-unsaturated/α-hetero) is 1. The van der Waals surface area contributed by atoms with E-state index in [0.717, 1.165) is 0 Å². The molecule has 0 radical (unpaired) electrons. The molecule has 0 aliphatic carbocycles. The van der Waals surface area contributed by atoms with Gasteiger partial charge in [0.05, 0.1) is 0 Å². The molecule has 66 valence electrons. The normalized spacial score (nSPS) is 9.23. The molecular weight excluding hydrogens is 174 g/mol. The lowest BCUT2D eigenvalue weighted by Crippen LogP contribution is -2.22. The highest BCUT2D eigenvalue weighted by atomic mass is 16.6. The minimum atomic E-state index is -1.61. The van der Waals surface area contributed by atoms with Gasteiger partial charge in [-0.3, -0.25) is 14.9 Å². The van der Waals surface area contributed by atoms with Crippen LogP contribution in [0.2, 0.25) is 0 Å². The molecule has 0 aliphatic heterocycles. The molecular formula is C8H5NO4. The summed E-state index contributed by atoms with van der Waals surface area (Å²) in [4.78, 5) is 30.3. The van der Waals surface area contributed by atoms with Gasteiger partial charge >= 0.3 is 11.7 Å². The lowest BCUT2D eigenvalue weighted by atomic mass is 10.1. The molecule has 0 saturated heterocycles. The maximum atomic E-state index is 11.0. The fraction of sp³-hybridized carbons (Fsp3) is 0. The van der Waals surface area contributed by atoms with Crippen molar-refractivity contribution in [2.24, 2.45) is 0 Å². The second-order valence-electron chi connectivity index (χ2n) is 2.26. The smallest absolute Gasteiger partial charge is 0.277 e. The first-order chi connectivity index (χ1) is 6.13. The Bertz CT molecular complexity index is 358. The zero-order valence-electron chi connectivity index (χ0n) is 6.47. The van der Waals surface area contributed by atoms with Gasteiger partial charge in [-0.1, -0.05) is 30.3 Å². The molecule has 0 aromatic heterocycles. The van der Waals surface area contributed by atoms with E-state index in [0.29, 0.717) is 0 Å². The Morgan fingerprint density at radius 1 is 1.15 bits per heavy atom. The lowest BCUT2D eigenvalue weighted by molar-refractivity contribution is -0.394. The third-order valence-corrected chi connectivity index (χ3v) is 1.40. The van der Waals surface area contributed by atoms with Gasteiger partial charge in [0.2, 0.25) is 0 Å². The van der Waals surface area contributed by atoms with Crippen molar-refractivity contribution in [1.29, 1.82) is 0 Å². The van der Waals surface area contributed by atoms with E-state index < -0.39 is 16.6 Å². The third-order valence-electron chi connectivity index (χ3n) is 1.40. The average Bonchev–Trinajstić information content (AvgIpc) is 2.17. The second-order valence-corrected chi connectivity index (χ2v) is 2.26. The van der Waals surface area contributed by atoms with Gasteiger partial charge in [0.15, 0.2) is 0 Å². The van der Waals surface area contributed by atoms with Gasteiger partial charge in [-0.15, -0.1) is 0 Å². The Morgan fingerprint density at radius 2 is 1.69 bits per heavy atom. The van der Waals surface area contributed by atoms with Gasteiger partial charge in [0.25, 0.3) is 0 Å². The van der Waals surface area contributed by atoms with Crippen LogP contribution in [0.15, 0.2) is 30.3 Å². The Labute approximate surface area is 73.1 Å². The molecule has 5 heteroatoms. The largest absolute Gasteiger partial charge is 0.516 e. The Balaban J connectivity index is 2.93. The topological polar surface area (TPSA) is 77.3 Å². The molecule has 13 heavy (non-hydrogen) atoms. The quantitative estimate of drug-likeness (QED) is 0.289. The van der Waals surface area contributed by atoms with E-state index in [2.05, 4.69) is 0 Å². The second kappa shape index (κ2) is 3.57.